The van der Waals surface area contributed by atoms with E-state index in [1.54, 1.807) is 30.3 Å². The molecular weight excluding hydrogens is 455 g/mol. The van der Waals surface area contributed by atoms with E-state index in [1.165, 1.54) is 33.5 Å². The highest BCUT2D eigenvalue weighted by atomic mass is 19.4. The van der Waals surface area contributed by atoms with Crippen LogP contribution < -0.4 is 19.5 Å². The number of carbonyl (C=O) groups is 1. The zero-order chi connectivity index (χ0) is 24.5. The lowest BCUT2D eigenvalue weighted by Crippen LogP contribution is -2.16. The molecule has 2 aromatic heterocycles. The van der Waals surface area contributed by atoms with E-state index in [0.29, 0.717) is 21.6 Å². The summed E-state index contributed by atoms with van der Waals surface area (Å²) in [6, 6.07) is 11.8. The number of benzene rings is 2. The van der Waals surface area contributed by atoms with Gasteiger partial charge in [0.05, 0.1) is 32.7 Å². The van der Waals surface area contributed by atoms with Crippen molar-refractivity contribution in [3.05, 3.63) is 60.0 Å². The summed E-state index contributed by atoms with van der Waals surface area (Å²) in [6.45, 7) is 0. The van der Waals surface area contributed by atoms with Gasteiger partial charge in [-0.2, -0.15) is 22.7 Å². The van der Waals surface area contributed by atoms with Crippen LogP contribution in [0.4, 0.5) is 18.9 Å². The predicted octanol–water partition coefficient (Wildman–Crippen LogP) is 4.09. The zero-order valence-electron chi connectivity index (χ0n) is 18.2. The lowest BCUT2D eigenvalue weighted by atomic mass is 10.1. The number of fused-ring (bicyclic) bond motifs is 1. The SMILES string of the molecule is COc1ccc(-c2cc(C(F)(F)F)n3nc(C(=O)Nc4ccc(OC)cc4OC)nc3n2)cc1. The Balaban J connectivity index is 1.74. The average molecular weight is 473 g/mol. The molecule has 1 amide bonds. The number of nitrogens with zero attached hydrogens (tertiary/aromatic N) is 4. The van der Waals surface area contributed by atoms with Crippen molar-refractivity contribution in [2.75, 3.05) is 26.6 Å². The number of ether oxygens (including phenoxy) is 3. The normalized spacial score (nSPS) is 11.4. The van der Waals surface area contributed by atoms with Crippen molar-refractivity contribution in [2.45, 2.75) is 6.18 Å². The van der Waals surface area contributed by atoms with Crippen molar-refractivity contribution in [2.24, 2.45) is 0 Å². The van der Waals surface area contributed by atoms with Crippen LogP contribution in [0.25, 0.3) is 17.0 Å². The molecule has 0 aliphatic heterocycles. The molecule has 1 N–H and O–H groups in total. The first-order chi connectivity index (χ1) is 16.2. The number of amides is 1. The van der Waals surface area contributed by atoms with E-state index < -0.39 is 23.6 Å². The van der Waals surface area contributed by atoms with Gasteiger partial charge in [0.25, 0.3) is 11.7 Å². The summed E-state index contributed by atoms with van der Waals surface area (Å²) in [6.07, 6.45) is -4.77. The second-order valence-corrected chi connectivity index (χ2v) is 6.92. The van der Waals surface area contributed by atoms with Gasteiger partial charge in [0.1, 0.15) is 17.2 Å². The Hall–Kier alpha value is -4.35. The molecule has 0 aliphatic carbocycles. The van der Waals surface area contributed by atoms with Gasteiger partial charge in [-0.05, 0) is 42.5 Å². The van der Waals surface area contributed by atoms with Crippen molar-refractivity contribution in [1.82, 2.24) is 19.6 Å². The van der Waals surface area contributed by atoms with Gasteiger partial charge in [0.15, 0.2) is 5.69 Å². The van der Waals surface area contributed by atoms with E-state index in [0.717, 1.165) is 6.07 Å². The first-order valence-corrected chi connectivity index (χ1v) is 9.76. The summed E-state index contributed by atoms with van der Waals surface area (Å²) < 4.78 is 57.3. The molecule has 0 bridgehead atoms. The Morgan fingerprint density at radius 2 is 1.59 bits per heavy atom. The number of rotatable bonds is 6. The predicted molar refractivity (Wildman–Crippen MR) is 115 cm³/mol. The molecule has 4 rings (SSSR count). The van der Waals surface area contributed by atoms with Gasteiger partial charge in [-0.15, -0.1) is 5.10 Å². The van der Waals surface area contributed by atoms with E-state index in [-0.39, 0.29) is 22.9 Å². The first-order valence-electron chi connectivity index (χ1n) is 9.76. The number of hydrogen-bond donors (Lipinski definition) is 1. The number of carbonyl (C=O) groups excluding carboxylic acids is 1. The molecule has 2 aromatic carbocycles. The third kappa shape index (κ3) is 4.42. The number of hydrogen-bond acceptors (Lipinski definition) is 7. The van der Waals surface area contributed by atoms with Crippen molar-refractivity contribution in [3.8, 4) is 28.5 Å². The maximum absolute atomic E-state index is 13.8. The highest BCUT2D eigenvalue weighted by Crippen LogP contribution is 2.33. The van der Waals surface area contributed by atoms with Crippen LogP contribution in [-0.4, -0.2) is 46.8 Å². The topological polar surface area (TPSA) is 99.9 Å². The first kappa shape index (κ1) is 22.8. The largest absolute Gasteiger partial charge is 0.497 e. The highest BCUT2D eigenvalue weighted by Gasteiger charge is 2.36. The van der Waals surface area contributed by atoms with Crippen molar-refractivity contribution >= 4 is 17.4 Å². The lowest BCUT2D eigenvalue weighted by molar-refractivity contribution is -0.142. The minimum atomic E-state index is -4.77. The fourth-order valence-electron chi connectivity index (χ4n) is 3.16. The maximum Gasteiger partial charge on any atom is 0.433 e. The van der Waals surface area contributed by atoms with Crippen molar-refractivity contribution in [1.29, 1.82) is 0 Å². The summed E-state index contributed by atoms with van der Waals surface area (Å²) in [7, 11) is 4.35. The van der Waals surface area contributed by atoms with Gasteiger partial charge in [0.2, 0.25) is 5.82 Å². The van der Waals surface area contributed by atoms with E-state index >= 15 is 0 Å². The molecule has 0 unspecified atom stereocenters. The fourth-order valence-corrected chi connectivity index (χ4v) is 3.16. The third-order valence-corrected chi connectivity index (χ3v) is 4.85. The maximum atomic E-state index is 13.8. The van der Waals surface area contributed by atoms with E-state index in [2.05, 4.69) is 20.4 Å². The van der Waals surface area contributed by atoms with Crippen LogP contribution >= 0.6 is 0 Å². The highest BCUT2D eigenvalue weighted by molar-refractivity contribution is 6.02. The minimum absolute atomic E-state index is 0.0126. The number of methoxy groups -OCH3 is 3. The number of aromatic nitrogens is 4. The van der Waals surface area contributed by atoms with Gasteiger partial charge >= 0.3 is 6.18 Å². The third-order valence-electron chi connectivity index (χ3n) is 4.85. The molecule has 4 aromatic rings. The Kier molecular flexibility index (Phi) is 5.97. The molecular formula is C22H18F3N5O4. The van der Waals surface area contributed by atoms with Gasteiger partial charge in [-0.3, -0.25) is 4.79 Å². The van der Waals surface area contributed by atoms with Gasteiger partial charge in [-0.1, -0.05) is 0 Å². The van der Waals surface area contributed by atoms with Crippen LogP contribution in [-0.2, 0) is 6.18 Å². The monoisotopic (exact) mass is 473 g/mol. The summed E-state index contributed by atoms with van der Waals surface area (Å²) in [5.74, 6) is -0.405. The second kappa shape index (κ2) is 8.89. The molecule has 0 spiro atoms. The van der Waals surface area contributed by atoms with E-state index in [4.69, 9.17) is 14.2 Å². The summed E-state index contributed by atoms with van der Waals surface area (Å²) in [5.41, 5.74) is -0.448. The Morgan fingerprint density at radius 1 is 0.912 bits per heavy atom. The van der Waals surface area contributed by atoms with Crippen LogP contribution in [0, 0.1) is 0 Å². The Bertz CT molecular complexity index is 1350. The molecule has 0 atom stereocenters. The number of halogens is 3. The molecule has 0 radical (unpaired) electrons. The Morgan fingerprint density at radius 3 is 2.21 bits per heavy atom. The molecule has 2 heterocycles. The van der Waals surface area contributed by atoms with E-state index in [9.17, 15) is 18.0 Å². The molecule has 0 saturated carbocycles. The average Bonchev–Trinajstić information content (AvgIpc) is 3.27. The molecule has 0 saturated heterocycles. The molecule has 12 heteroatoms. The standard InChI is InChI=1S/C22H18F3N5O4/c1-32-13-6-4-12(5-7-13)16-11-18(22(23,24)25)30-21(27-16)28-19(29-30)20(31)26-15-9-8-14(33-2)10-17(15)34-3/h4-11H,1-3H3,(H,26,31). The number of nitrogens with one attached hydrogen (secondary N) is 1. The van der Waals surface area contributed by atoms with Crippen LogP contribution in [0.15, 0.2) is 48.5 Å². The number of anilines is 1. The van der Waals surface area contributed by atoms with E-state index in [1.807, 2.05) is 0 Å². The van der Waals surface area contributed by atoms with Gasteiger partial charge in [-0.25, -0.2) is 4.98 Å². The summed E-state index contributed by atoms with van der Waals surface area (Å²) >= 11 is 0. The molecule has 176 valence electrons. The fraction of sp³-hybridized carbons (Fsp3) is 0.182. The second-order valence-electron chi connectivity index (χ2n) is 6.92. The van der Waals surface area contributed by atoms with Crippen LogP contribution in [0.1, 0.15) is 16.3 Å². The minimum Gasteiger partial charge on any atom is -0.497 e. The van der Waals surface area contributed by atoms with Crippen LogP contribution in [0.5, 0.6) is 17.2 Å². The lowest BCUT2D eigenvalue weighted by Gasteiger charge is -2.10. The van der Waals surface area contributed by atoms with Gasteiger partial charge in [0, 0.05) is 11.6 Å². The zero-order valence-corrected chi connectivity index (χ0v) is 18.2. The summed E-state index contributed by atoms with van der Waals surface area (Å²) in [5, 5.41) is 6.28. The van der Waals surface area contributed by atoms with Crippen LogP contribution in [0.3, 0.4) is 0 Å². The summed E-state index contributed by atoms with van der Waals surface area (Å²) in [4.78, 5) is 20.8. The molecule has 0 fully saturated rings. The van der Waals surface area contributed by atoms with Crippen LogP contribution in [0.2, 0.25) is 0 Å². The number of alkyl halides is 3. The molecule has 0 aliphatic rings. The molecule has 9 nitrogen and oxygen atoms in total. The quantitative estimate of drug-likeness (QED) is 0.450. The smallest absolute Gasteiger partial charge is 0.433 e. The van der Waals surface area contributed by atoms with Gasteiger partial charge < -0.3 is 19.5 Å². The van der Waals surface area contributed by atoms with Crippen molar-refractivity contribution < 1.29 is 32.2 Å². The molecule has 34 heavy (non-hydrogen) atoms. The van der Waals surface area contributed by atoms with Crippen molar-refractivity contribution in [3.63, 3.8) is 0 Å². The Labute approximate surface area is 191 Å².